The maximum Gasteiger partial charge on any atom is 0.337 e. The summed E-state index contributed by atoms with van der Waals surface area (Å²) < 4.78 is 1.39. The molecule has 18 heavy (non-hydrogen) atoms. The Morgan fingerprint density at radius 1 is 1.50 bits per heavy atom. The van der Waals surface area contributed by atoms with Crippen LogP contribution in [0.25, 0.3) is 0 Å². The zero-order chi connectivity index (χ0) is 13.3. The van der Waals surface area contributed by atoms with Crippen LogP contribution in [0.1, 0.15) is 33.2 Å². The second-order valence-electron chi connectivity index (χ2n) is 3.95. The Morgan fingerprint density at radius 3 is 2.78 bits per heavy atom. The van der Waals surface area contributed by atoms with E-state index in [9.17, 15) is 9.59 Å². The molecule has 2 aromatic rings. The van der Waals surface area contributed by atoms with Crippen molar-refractivity contribution in [1.29, 1.82) is 0 Å². The van der Waals surface area contributed by atoms with Gasteiger partial charge in [0.1, 0.15) is 5.01 Å². The van der Waals surface area contributed by atoms with Gasteiger partial charge in [0, 0.05) is 23.3 Å². The smallest absolute Gasteiger partial charge is 0.337 e. The summed E-state index contributed by atoms with van der Waals surface area (Å²) in [5.41, 5.74) is -0.143. The van der Waals surface area contributed by atoms with Crippen LogP contribution >= 0.6 is 11.3 Å². The molecule has 1 atom stereocenters. The van der Waals surface area contributed by atoms with E-state index in [2.05, 4.69) is 4.98 Å². The van der Waals surface area contributed by atoms with Gasteiger partial charge in [-0.25, -0.2) is 9.78 Å². The summed E-state index contributed by atoms with van der Waals surface area (Å²) in [5, 5.41) is 9.72. The van der Waals surface area contributed by atoms with E-state index >= 15 is 0 Å². The number of carboxylic acids is 1. The molecule has 1 N–H and O–H groups in total. The van der Waals surface area contributed by atoms with E-state index in [-0.39, 0.29) is 17.2 Å². The molecular formula is C12H12N2O3S. The van der Waals surface area contributed by atoms with Crippen molar-refractivity contribution in [2.24, 2.45) is 0 Å². The highest BCUT2D eigenvalue weighted by Crippen LogP contribution is 2.21. The number of aromatic nitrogens is 2. The van der Waals surface area contributed by atoms with Crippen molar-refractivity contribution in [2.75, 3.05) is 0 Å². The summed E-state index contributed by atoms with van der Waals surface area (Å²) in [6.45, 7) is 3.76. The Morgan fingerprint density at radius 2 is 2.22 bits per heavy atom. The van der Waals surface area contributed by atoms with Crippen molar-refractivity contribution in [1.82, 2.24) is 9.55 Å². The minimum absolute atomic E-state index is 0.0923. The molecule has 2 rings (SSSR count). The first-order chi connectivity index (χ1) is 8.49. The van der Waals surface area contributed by atoms with Gasteiger partial charge >= 0.3 is 5.97 Å². The molecule has 0 aliphatic heterocycles. The average Bonchev–Trinajstić information content (AvgIpc) is 2.75. The van der Waals surface area contributed by atoms with Gasteiger partial charge in [-0.05, 0) is 19.9 Å². The lowest BCUT2D eigenvalue weighted by molar-refractivity contribution is 0.0695. The summed E-state index contributed by atoms with van der Waals surface area (Å²) in [4.78, 5) is 27.9. The molecule has 0 spiro atoms. The van der Waals surface area contributed by atoms with E-state index in [4.69, 9.17) is 5.11 Å². The molecule has 0 saturated carbocycles. The highest BCUT2D eigenvalue weighted by atomic mass is 32.1. The molecule has 94 valence electrons. The Kier molecular flexibility index (Phi) is 3.29. The van der Waals surface area contributed by atoms with Crippen LogP contribution in [0.3, 0.4) is 0 Å². The van der Waals surface area contributed by atoms with E-state index in [1.807, 2.05) is 13.8 Å². The predicted octanol–water partition coefficient (Wildman–Crippen LogP) is 1.92. The third kappa shape index (κ3) is 2.33. The van der Waals surface area contributed by atoms with Gasteiger partial charge < -0.3 is 9.67 Å². The van der Waals surface area contributed by atoms with Crippen molar-refractivity contribution in [2.45, 2.75) is 19.9 Å². The number of hydrogen-bond acceptors (Lipinski definition) is 4. The third-order valence-corrected chi connectivity index (χ3v) is 3.68. The molecule has 0 bridgehead atoms. The minimum atomic E-state index is -1.05. The lowest BCUT2D eigenvalue weighted by atomic mass is 10.2. The third-order valence-electron chi connectivity index (χ3n) is 2.60. The van der Waals surface area contributed by atoms with Gasteiger partial charge in [-0.3, -0.25) is 4.79 Å². The number of pyridine rings is 1. The van der Waals surface area contributed by atoms with Crippen LogP contribution in [0.5, 0.6) is 0 Å². The number of rotatable bonds is 3. The lowest BCUT2D eigenvalue weighted by Crippen LogP contribution is -2.23. The fourth-order valence-electron chi connectivity index (χ4n) is 1.62. The molecule has 0 fully saturated rings. The summed E-state index contributed by atoms with van der Waals surface area (Å²) in [5.74, 6) is -1.05. The molecule has 2 heterocycles. The summed E-state index contributed by atoms with van der Waals surface area (Å²) in [6.07, 6.45) is 3.09. The molecule has 0 aliphatic carbocycles. The molecule has 5 nitrogen and oxygen atoms in total. The van der Waals surface area contributed by atoms with Crippen molar-refractivity contribution < 1.29 is 9.90 Å². The fourth-order valence-corrected chi connectivity index (χ4v) is 2.44. The van der Waals surface area contributed by atoms with Crippen LogP contribution in [0.2, 0.25) is 0 Å². The van der Waals surface area contributed by atoms with Crippen LogP contribution < -0.4 is 5.56 Å². The normalized spacial score (nSPS) is 12.3. The SMILES string of the molecule is Cc1cnc(C(C)n2cc(C(=O)O)ccc2=O)s1. The Balaban J connectivity index is 2.47. The Hall–Kier alpha value is -1.95. The molecule has 0 amide bonds. The molecular weight excluding hydrogens is 252 g/mol. The fraction of sp³-hybridized carbons (Fsp3) is 0.250. The Bertz CT molecular complexity index is 645. The second kappa shape index (κ2) is 4.73. The van der Waals surface area contributed by atoms with Gasteiger partial charge in [-0.1, -0.05) is 0 Å². The average molecular weight is 264 g/mol. The van der Waals surface area contributed by atoms with Crippen LogP contribution in [-0.4, -0.2) is 20.6 Å². The Labute approximate surface area is 107 Å². The van der Waals surface area contributed by atoms with Gasteiger partial charge in [0.15, 0.2) is 0 Å². The number of aromatic carboxylic acids is 1. The van der Waals surface area contributed by atoms with Crippen LogP contribution in [-0.2, 0) is 0 Å². The molecule has 0 radical (unpaired) electrons. The first-order valence-corrected chi connectivity index (χ1v) is 6.18. The molecule has 0 aromatic carbocycles. The summed E-state index contributed by atoms with van der Waals surface area (Å²) >= 11 is 1.50. The van der Waals surface area contributed by atoms with Crippen LogP contribution in [0.4, 0.5) is 0 Å². The van der Waals surface area contributed by atoms with Gasteiger partial charge in [0.05, 0.1) is 11.6 Å². The zero-order valence-corrected chi connectivity index (χ0v) is 10.8. The molecule has 2 aromatic heterocycles. The van der Waals surface area contributed by atoms with Gasteiger partial charge in [0.25, 0.3) is 5.56 Å². The number of hydrogen-bond donors (Lipinski definition) is 1. The van der Waals surface area contributed by atoms with Gasteiger partial charge in [-0.15, -0.1) is 11.3 Å². The molecule has 0 saturated heterocycles. The number of carboxylic acid groups (broad SMARTS) is 1. The summed E-state index contributed by atoms with van der Waals surface area (Å²) in [7, 11) is 0. The molecule has 0 aliphatic rings. The number of nitrogens with zero attached hydrogens (tertiary/aromatic N) is 2. The highest BCUT2D eigenvalue weighted by molar-refractivity contribution is 7.11. The second-order valence-corrected chi connectivity index (χ2v) is 5.22. The quantitative estimate of drug-likeness (QED) is 0.919. The first-order valence-electron chi connectivity index (χ1n) is 5.37. The van der Waals surface area contributed by atoms with Crippen molar-refractivity contribution in [3.8, 4) is 0 Å². The monoisotopic (exact) mass is 264 g/mol. The molecule has 6 heteroatoms. The van der Waals surface area contributed by atoms with Crippen LogP contribution in [0, 0.1) is 6.92 Å². The number of thiazole rings is 1. The number of carbonyl (C=O) groups is 1. The van der Waals surface area contributed by atoms with E-state index in [1.165, 1.54) is 34.2 Å². The standard InChI is InChI=1S/C12H12N2O3S/c1-7-5-13-11(18-7)8(2)14-6-9(12(16)17)3-4-10(14)15/h3-6,8H,1-2H3,(H,16,17). The highest BCUT2D eigenvalue weighted by Gasteiger charge is 2.14. The number of aryl methyl sites for hydroxylation is 1. The van der Waals surface area contributed by atoms with E-state index in [0.717, 1.165) is 9.88 Å². The largest absolute Gasteiger partial charge is 0.478 e. The van der Waals surface area contributed by atoms with Gasteiger partial charge in [0.2, 0.25) is 0 Å². The lowest BCUT2D eigenvalue weighted by Gasteiger charge is -2.12. The topological polar surface area (TPSA) is 72.2 Å². The van der Waals surface area contributed by atoms with Crippen molar-refractivity contribution in [3.63, 3.8) is 0 Å². The summed E-state index contributed by atoms with van der Waals surface area (Å²) in [6, 6.07) is 2.30. The maximum atomic E-state index is 11.8. The zero-order valence-electron chi connectivity index (χ0n) is 9.95. The maximum absolute atomic E-state index is 11.8. The van der Waals surface area contributed by atoms with Crippen molar-refractivity contribution in [3.05, 3.63) is 50.3 Å². The van der Waals surface area contributed by atoms with Crippen molar-refractivity contribution >= 4 is 17.3 Å². The minimum Gasteiger partial charge on any atom is -0.478 e. The predicted molar refractivity (Wildman–Crippen MR) is 68.3 cm³/mol. The molecule has 1 unspecified atom stereocenters. The first kappa shape index (κ1) is 12.5. The van der Waals surface area contributed by atoms with Gasteiger partial charge in [-0.2, -0.15) is 0 Å². The van der Waals surface area contributed by atoms with Crippen LogP contribution in [0.15, 0.2) is 29.3 Å². The van der Waals surface area contributed by atoms with E-state index in [0.29, 0.717) is 0 Å². The van der Waals surface area contributed by atoms with E-state index in [1.54, 1.807) is 6.20 Å². The van der Waals surface area contributed by atoms with E-state index < -0.39 is 5.97 Å².